The van der Waals surface area contributed by atoms with E-state index in [2.05, 4.69) is 0 Å². The molecule has 2 atom stereocenters. The van der Waals surface area contributed by atoms with Crippen LogP contribution in [0, 0.1) is 0 Å². The first-order chi connectivity index (χ1) is 10.1. The average Bonchev–Trinajstić information content (AvgIpc) is 2.83. The van der Waals surface area contributed by atoms with Gasteiger partial charge in [0.25, 0.3) is 0 Å². The second-order valence-corrected chi connectivity index (χ2v) is 5.04. The van der Waals surface area contributed by atoms with Crippen molar-refractivity contribution >= 4 is 27.8 Å². The number of benzene rings is 2. The summed E-state index contributed by atoms with van der Waals surface area (Å²) in [7, 11) is 0. The number of furan rings is 1. The maximum atomic E-state index is 10.8. The van der Waals surface area contributed by atoms with Crippen molar-refractivity contribution in [3.05, 3.63) is 48.0 Å². The Labute approximate surface area is 120 Å². The fourth-order valence-corrected chi connectivity index (χ4v) is 2.47. The maximum Gasteiger partial charge on any atom is 0.220 e. The van der Waals surface area contributed by atoms with Crippen LogP contribution in [0.15, 0.2) is 46.9 Å². The molecule has 2 aromatic carbocycles. The number of carbonyl (C=O) groups is 1. The second kappa shape index (κ2) is 5.20. The minimum absolute atomic E-state index is 0.286. The minimum atomic E-state index is -1.22. The first-order valence-electron chi connectivity index (χ1n) is 6.62. The van der Waals surface area contributed by atoms with Crippen LogP contribution in [0.5, 0.6) is 0 Å². The Morgan fingerprint density at radius 2 is 1.81 bits per heavy atom. The van der Waals surface area contributed by atoms with Gasteiger partial charge in [-0.25, -0.2) is 0 Å². The Bertz CT molecular complexity index is 808. The lowest BCUT2D eigenvalue weighted by molar-refractivity contribution is -0.121. The van der Waals surface area contributed by atoms with Crippen LogP contribution in [0.4, 0.5) is 0 Å². The third-order valence-corrected chi connectivity index (χ3v) is 3.52. The topological polar surface area (TPSA) is 96.7 Å². The van der Waals surface area contributed by atoms with E-state index in [1.807, 2.05) is 24.3 Å². The van der Waals surface area contributed by atoms with E-state index in [-0.39, 0.29) is 6.42 Å². The molecule has 0 radical (unpaired) electrons. The van der Waals surface area contributed by atoms with E-state index in [9.17, 15) is 15.0 Å². The number of aliphatic hydroxyl groups excluding tert-OH is 2. The zero-order valence-electron chi connectivity index (χ0n) is 11.2. The summed E-state index contributed by atoms with van der Waals surface area (Å²) in [6.07, 6.45) is -2.68. The largest absolute Gasteiger partial charge is 0.456 e. The van der Waals surface area contributed by atoms with E-state index >= 15 is 0 Å². The molecule has 3 aromatic rings. The third-order valence-electron chi connectivity index (χ3n) is 3.52. The molecule has 2 unspecified atom stereocenters. The molecule has 0 saturated heterocycles. The summed E-state index contributed by atoms with van der Waals surface area (Å²) in [5.41, 5.74) is 7.02. The number of para-hydroxylation sites is 1. The average molecular weight is 285 g/mol. The van der Waals surface area contributed by atoms with Gasteiger partial charge in [-0.2, -0.15) is 0 Å². The van der Waals surface area contributed by atoms with Crippen LogP contribution >= 0.6 is 0 Å². The Hall–Kier alpha value is -2.37. The molecule has 0 fully saturated rings. The van der Waals surface area contributed by atoms with E-state index in [1.54, 1.807) is 18.2 Å². The van der Waals surface area contributed by atoms with Crippen molar-refractivity contribution in [1.29, 1.82) is 0 Å². The molecule has 1 amide bonds. The van der Waals surface area contributed by atoms with Crippen LogP contribution in [0.2, 0.25) is 0 Å². The van der Waals surface area contributed by atoms with Crippen molar-refractivity contribution in [3.63, 3.8) is 0 Å². The standard InChI is InChI=1S/C16H15NO4/c17-15(19)8-12(18)16(20)9-5-6-14-11(7-9)10-3-1-2-4-13(10)21-14/h1-7,12,16,18,20H,8H2,(H2,17,19). The van der Waals surface area contributed by atoms with E-state index in [4.69, 9.17) is 10.2 Å². The quantitative estimate of drug-likeness (QED) is 0.681. The van der Waals surface area contributed by atoms with Gasteiger partial charge in [-0.1, -0.05) is 24.3 Å². The summed E-state index contributed by atoms with van der Waals surface area (Å²) in [5, 5.41) is 21.7. The van der Waals surface area contributed by atoms with Gasteiger partial charge in [0, 0.05) is 10.8 Å². The van der Waals surface area contributed by atoms with Crippen molar-refractivity contribution < 1.29 is 19.4 Å². The zero-order valence-corrected chi connectivity index (χ0v) is 11.2. The van der Waals surface area contributed by atoms with E-state index in [0.29, 0.717) is 11.1 Å². The molecule has 1 heterocycles. The highest BCUT2D eigenvalue weighted by molar-refractivity contribution is 6.05. The Balaban J connectivity index is 2.03. The van der Waals surface area contributed by atoms with Crippen LogP contribution in [0.3, 0.4) is 0 Å². The molecule has 0 spiro atoms. The molecule has 21 heavy (non-hydrogen) atoms. The number of fused-ring (bicyclic) bond motifs is 3. The summed E-state index contributed by atoms with van der Waals surface area (Å²) in [4.78, 5) is 10.8. The summed E-state index contributed by atoms with van der Waals surface area (Å²) in [5.74, 6) is -0.656. The van der Waals surface area contributed by atoms with E-state index in [1.165, 1.54) is 0 Å². The highest BCUT2D eigenvalue weighted by Crippen LogP contribution is 2.31. The van der Waals surface area contributed by atoms with Gasteiger partial charge in [0.15, 0.2) is 0 Å². The molecule has 0 aliphatic heterocycles. The van der Waals surface area contributed by atoms with Gasteiger partial charge in [0.2, 0.25) is 5.91 Å². The fourth-order valence-electron chi connectivity index (χ4n) is 2.47. The van der Waals surface area contributed by atoms with Gasteiger partial charge in [-0.05, 0) is 23.8 Å². The molecule has 0 bridgehead atoms. The summed E-state index contributed by atoms with van der Waals surface area (Å²) in [6.45, 7) is 0. The van der Waals surface area contributed by atoms with Gasteiger partial charge >= 0.3 is 0 Å². The SMILES string of the molecule is NC(=O)CC(O)C(O)c1ccc2oc3ccccc3c2c1. The molecular formula is C16H15NO4. The van der Waals surface area contributed by atoms with Crippen LogP contribution in [-0.2, 0) is 4.79 Å². The number of amides is 1. The molecule has 108 valence electrons. The van der Waals surface area contributed by atoms with Crippen molar-refractivity contribution in [2.75, 3.05) is 0 Å². The van der Waals surface area contributed by atoms with Gasteiger partial charge in [-0.3, -0.25) is 4.79 Å². The van der Waals surface area contributed by atoms with Crippen LogP contribution in [-0.4, -0.2) is 22.2 Å². The molecule has 3 rings (SSSR count). The van der Waals surface area contributed by atoms with Gasteiger partial charge in [0.05, 0.1) is 12.5 Å². The third kappa shape index (κ3) is 2.49. The van der Waals surface area contributed by atoms with Gasteiger partial charge in [-0.15, -0.1) is 0 Å². The van der Waals surface area contributed by atoms with E-state index in [0.717, 1.165) is 16.4 Å². The zero-order chi connectivity index (χ0) is 15.0. The first-order valence-corrected chi connectivity index (χ1v) is 6.62. The van der Waals surface area contributed by atoms with Crippen LogP contribution < -0.4 is 5.73 Å². The summed E-state index contributed by atoms with van der Waals surface area (Å²) >= 11 is 0. The predicted molar refractivity (Wildman–Crippen MR) is 78.5 cm³/mol. The Kier molecular flexibility index (Phi) is 3.37. The van der Waals surface area contributed by atoms with Crippen LogP contribution in [0.25, 0.3) is 21.9 Å². The highest BCUT2D eigenvalue weighted by Gasteiger charge is 2.21. The Morgan fingerprint density at radius 3 is 2.57 bits per heavy atom. The molecule has 0 saturated carbocycles. The lowest BCUT2D eigenvalue weighted by atomic mass is 10.00. The highest BCUT2D eigenvalue weighted by atomic mass is 16.3. The molecule has 5 nitrogen and oxygen atoms in total. The number of hydrogen-bond donors (Lipinski definition) is 3. The van der Waals surface area contributed by atoms with Gasteiger partial charge < -0.3 is 20.4 Å². The second-order valence-electron chi connectivity index (χ2n) is 5.04. The summed E-state index contributed by atoms with van der Waals surface area (Å²) in [6, 6.07) is 12.8. The molecule has 4 N–H and O–H groups in total. The van der Waals surface area contributed by atoms with Crippen molar-refractivity contribution in [2.45, 2.75) is 18.6 Å². The lowest BCUT2D eigenvalue weighted by Gasteiger charge is -2.16. The molecule has 0 aliphatic rings. The minimum Gasteiger partial charge on any atom is -0.456 e. The number of primary amides is 1. The number of carbonyl (C=O) groups excluding carboxylic acids is 1. The van der Waals surface area contributed by atoms with Crippen LogP contribution in [0.1, 0.15) is 18.1 Å². The maximum absolute atomic E-state index is 10.8. The predicted octanol–water partition coefficient (Wildman–Crippen LogP) is 1.86. The molecule has 0 aliphatic carbocycles. The molecule has 1 aromatic heterocycles. The first kappa shape index (κ1) is 13.6. The number of aliphatic hydroxyl groups is 2. The molecule has 5 heteroatoms. The van der Waals surface area contributed by atoms with Crippen molar-refractivity contribution in [3.8, 4) is 0 Å². The number of hydrogen-bond acceptors (Lipinski definition) is 4. The van der Waals surface area contributed by atoms with Crippen molar-refractivity contribution in [1.82, 2.24) is 0 Å². The fraction of sp³-hybridized carbons (Fsp3) is 0.188. The van der Waals surface area contributed by atoms with Crippen molar-refractivity contribution in [2.24, 2.45) is 5.73 Å². The normalized spacial score (nSPS) is 14.4. The monoisotopic (exact) mass is 285 g/mol. The van der Waals surface area contributed by atoms with Gasteiger partial charge in [0.1, 0.15) is 17.3 Å². The Morgan fingerprint density at radius 1 is 1.10 bits per heavy atom. The van der Waals surface area contributed by atoms with E-state index < -0.39 is 18.1 Å². The summed E-state index contributed by atoms with van der Waals surface area (Å²) < 4.78 is 5.69. The number of rotatable bonds is 4. The molecular weight excluding hydrogens is 270 g/mol. The number of nitrogens with two attached hydrogens (primary N) is 1. The lowest BCUT2D eigenvalue weighted by Crippen LogP contribution is -2.25. The smallest absolute Gasteiger partial charge is 0.220 e.